The number of methoxy groups -OCH3 is 1. The minimum absolute atomic E-state index is 0.166. The van der Waals surface area contributed by atoms with Crippen molar-refractivity contribution in [2.75, 3.05) is 20.3 Å². The molecule has 0 amide bonds. The van der Waals surface area contributed by atoms with Crippen LogP contribution in [0.1, 0.15) is 30.0 Å². The first-order chi connectivity index (χ1) is 8.52. The van der Waals surface area contributed by atoms with Crippen LogP contribution in [0.4, 0.5) is 0 Å². The van der Waals surface area contributed by atoms with Crippen molar-refractivity contribution in [3.63, 3.8) is 0 Å². The maximum atomic E-state index is 9.14. The third kappa shape index (κ3) is 4.09. The highest BCUT2D eigenvalue weighted by molar-refractivity contribution is 5.33. The molecule has 0 spiro atoms. The van der Waals surface area contributed by atoms with E-state index in [-0.39, 0.29) is 12.1 Å². The van der Waals surface area contributed by atoms with E-state index in [9.17, 15) is 0 Å². The molecule has 2 N–H and O–H groups in total. The second-order valence-corrected chi connectivity index (χ2v) is 5.19. The van der Waals surface area contributed by atoms with Gasteiger partial charge in [0.1, 0.15) is 0 Å². The van der Waals surface area contributed by atoms with E-state index in [1.54, 1.807) is 7.11 Å². The molecule has 1 rings (SSSR count). The SMILES string of the molecule is COC[C@](C)(CCO)NCc1c(C)cccc1C. The summed E-state index contributed by atoms with van der Waals surface area (Å²) in [6.45, 7) is 7.91. The summed E-state index contributed by atoms with van der Waals surface area (Å²) in [5.41, 5.74) is 3.74. The van der Waals surface area contributed by atoms with E-state index >= 15 is 0 Å². The summed E-state index contributed by atoms with van der Waals surface area (Å²) < 4.78 is 5.23. The summed E-state index contributed by atoms with van der Waals surface area (Å²) in [6, 6.07) is 6.34. The zero-order chi connectivity index (χ0) is 13.6. The molecule has 0 saturated carbocycles. The van der Waals surface area contributed by atoms with Gasteiger partial charge in [-0.2, -0.15) is 0 Å². The van der Waals surface area contributed by atoms with Gasteiger partial charge in [-0.05, 0) is 43.9 Å². The van der Waals surface area contributed by atoms with Crippen LogP contribution in [-0.2, 0) is 11.3 Å². The number of rotatable bonds is 7. The molecular formula is C15H25NO2. The molecule has 0 fully saturated rings. The fourth-order valence-electron chi connectivity index (χ4n) is 2.21. The van der Waals surface area contributed by atoms with Crippen molar-refractivity contribution in [2.45, 2.75) is 39.3 Å². The predicted octanol–water partition coefficient (Wildman–Crippen LogP) is 2.18. The van der Waals surface area contributed by atoms with Crippen molar-refractivity contribution in [1.82, 2.24) is 5.32 Å². The van der Waals surface area contributed by atoms with Crippen molar-refractivity contribution in [3.8, 4) is 0 Å². The number of hydrogen-bond donors (Lipinski definition) is 2. The molecule has 3 nitrogen and oxygen atoms in total. The number of benzene rings is 1. The minimum atomic E-state index is -0.182. The lowest BCUT2D eigenvalue weighted by molar-refractivity contribution is 0.0969. The van der Waals surface area contributed by atoms with Crippen LogP contribution in [-0.4, -0.2) is 31.0 Å². The molecule has 18 heavy (non-hydrogen) atoms. The van der Waals surface area contributed by atoms with Gasteiger partial charge >= 0.3 is 0 Å². The summed E-state index contributed by atoms with van der Waals surface area (Å²) in [6.07, 6.45) is 0.686. The molecule has 3 heteroatoms. The Hall–Kier alpha value is -0.900. The maximum Gasteiger partial charge on any atom is 0.0642 e. The van der Waals surface area contributed by atoms with E-state index in [1.165, 1.54) is 16.7 Å². The molecule has 1 aromatic carbocycles. The first-order valence-electron chi connectivity index (χ1n) is 6.42. The first-order valence-corrected chi connectivity index (χ1v) is 6.42. The van der Waals surface area contributed by atoms with E-state index in [4.69, 9.17) is 9.84 Å². The molecule has 0 aliphatic heterocycles. The highest BCUT2D eigenvalue weighted by atomic mass is 16.5. The standard InChI is InChI=1S/C15H25NO2/c1-12-6-5-7-13(2)14(12)10-16-15(3,8-9-17)11-18-4/h5-7,16-17H,8-11H2,1-4H3/t15-/m0/s1. The van der Waals surface area contributed by atoms with Gasteiger partial charge < -0.3 is 15.2 Å². The molecule has 0 aliphatic rings. The predicted molar refractivity (Wildman–Crippen MR) is 74.7 cm³/mol. The number of aryl methyl sites for hydroxylation is 2. The number of aliphatic hydroxyl groups is 1. The molecule has 102 valence electrons. The van der Waals surface area contributed by atoms with Crippen molar-refractivity contribution < 1.29 is 9.84 Å². The molecule has 0 unspecified atom stereocenters. The van der Waals surface area contributed by atoms with Crippen LogP contribution in [0, 0.1) is 13.8 Å². The Bertz CT molecular complexity index is 351. The van der Waals surface area contributed by atoms with Crippen molar-refractivity contribution in [3.05, 3.63) is 34.9 Å². The topological polar surface area (TPSA) is 41.5 Å². The third-order valence-electron chi connectivity index (χ3n) is 3.46. The van der Waals surface area contributed by atoms with Crippen LogP contribution in [0.3, 0.4) is 0 Å². The molecule has 0 heterocycles. The molecule has 1 aromatic rings. The Labute approximate surface area is 110 Å². The van der Waals surface area contributed by atoms with E-state index in [2.05, 4.69) is 44.3 Å². The van der Waals surface area contributed by atoms with E-state index < -0.39 is 0 Å². The number of hydrogen-bond acceptors (Lipinski definition) is 3. The quantitative estimate of drug-likeness (QED) is 0.780. The molecular weight excluding hydrogens is 226 g/mol. The van der Waals surface area contributed by atoms with Crippen LogP contribution in [0.25, 0.3) is 0 Å². The molecule has 0 bridgehead atoms. The Morgan fingerprint density at radius 2 is 1.89 bits per heavy atom. The first kappa shape index (κ1) is 15.2. The number of aliphatic hydroxyl groups excluding tert-OH is 1. The van der Waals surface area contributed by atoms with Gasteiger partial charge in [-0.25, -0.2) is 0 Å². The second-order valence-electron chi connectivity index (χ2n) is 5.19. The van der Waals surface area contributed by atoms with Gasteiger partial charge in [0.05, 0.1) is 6.61 Å². The highest BCUT2D eigenvalue weighted by Crippen LogP contribution is 2.16. The van der Waals surface area contributed by atoms with Gasteiger partial charge in [-0.3, -0.25) is 0 Å². The Morgan fingerprint density at radius 1 is 1.28 bits per heavy atom. The molecule has 0 aliphatic carbocycles. The lowest BCUT2D eigenvalue weighted by atomic mass is 9.97. The van der Waals surface area contributed by atoms with E-state index in [1.807, 2.05) is 0 Å². The van der Waals surface area contributed by atoms with E-state index in [0.717, 1.165) is 6.54 Å². The van der Waals surface area contributed by atoms with Crippen molar-refractivity contribution in [2.24, 2.45) is 0 Å². The Balaban J connectivity index is 2.72. The summed E-state index contributed by atoms with van der Waals surface area (Å²) in [5, 5.41) is 12.7. The van der Waals surface area contributed by atoms with Crippen molar-refractivity contribution in [1.29, 1.82) is 0 Å². The fraction of sp³-hybridized carbons (Fsp3) is 0.600. The van der Waals surface area contributed by atoms with Crippen LogP contribution < -0.4 is 5.32 Å². The average molecular weight is 251 g/mol. The van der Waals surface area contributed by atoms with Gasteiger partial charge in [0.15, 0.2) is 0 Å². The zero-order valence-electron chi connectivity index (χ0n) is 11.9. The van der Waals surface area contributed by atoms with Gasteiger partial charge in [0, 0.05) is 25.8 Å². The van der Waals surface area contributed by atoms with Crippen LogP contribution in [0.2, 0.25) is 0 Å². The lowest BCUT2D eigenvalue weighted by Gasteiger charge is -2.30. The summed E-state index contributed by atoms with van der Waals surface area (Å²) >= 11 is 0. The zero-order valence-corrected chi connectivity index (χ0v) is 11.9. The van der Waals surface area contributed by atoms with Gasteiger partial charge in [0.2, 0.25) is 0 Å². The minimum Gasteiger partial charge on any atom is -0.396 e. The molecule has 0 saturated heterocycles. The summed E-state index contributed by atoms with van der Waals surface area (Å²) in [7, 11) is 1.69. The normalized spacial score (nSPS) is 14.5. The van der Waals surface area contributed by atoms with Gasteiger partial charge in [-0.1, -0.05) is 18.2 Å². The highest BCUT2D eigenvalue weighted by Gasteiger charge is 2.23. The van der Waals surface area contributed by atoms with Gasteiger partial charge in [0.25, 0.3) is 0 Å². The van der Waals surface area contributed by atoms with Crippen LogP contribution in [0.15, 0.2) is 18.2 Å². The maximum absolute atomic E-state index is 9.14. The number of nitrogens with one attached hydrogen (secondary N) is 1. The molecule has 0 aromatic heterocycles. The van der Waals surface area contributed by atoms with Gasteiger partial charge in [-0.15, -0.1) is 0 Å². The molecule has 0 radical (unpaired) electrons. The van der Waals surface area contributed by atoms with Crippen molar-refractivity contribution >= 4 is 0 Å². The van der Waals surface area contributed by atoms with Crippen LogP contribution in [0.5, 0.6) is 0 Å². The largest absolute Gasteiger partial charge is 0.396 e. The van der Waals surface area contributed by atoms with E-state index in [0.29, 0.717) is 13.0 Å². The third-order valence-corrected chi connectivity index (χ3v) is 3.46. The Kier molecular flexibility index (Phi) is 5.79. The fourth-order valence-corrected chi connectivity index (χ4v) is 2.21. The summed E-state index contributed by atoms with van der Waals surface area (Å²) in [5.74, 6) is 0. The Morgan fingerprint density at radius 3 is 2.39 bits per heavy atom. The smallest absolute Gasteiger partial charge is 0.0642 e. The van der Waals surface area contributed by atoms with Crippen LogP contribution >= 0.6 is 0 Å². The summed E-state index contributed by atoms with van der Waals surface area (Å²) in [4.78, 5) is 0. The molecule has 1 atom stereocenters. The number of ether oxygens (including phenoxy) is 1. The second kappa shape index (κ2) is 6.88. The average Bonchev–Trinajstić information content (AvgIpc) is 2.29. The lowest BCUT2D eigenvalue weighted by Crippen LogP contribution is -2.46. The monoisotopic (exact) mass is 251 g/mol.